The Morgan fingerprint density at radius 2 is 2.08 bits per heavy atom. The Hall–Kier alpha value is -3.61. The fourth-order valence-electron chi connectivity index (χ4n) is 4.73. The summed E-state index contributed by atoms with van der Waals surface area (Å²) in [6, 6.07) is 3.75. The van der Waals surface area contributed by atoms with E-state index in [4.69, 9.17) is 21.1 Å². The third kappa shape index (κ3) is 4.38. The van der Waals surface area contributed by atoms with Gasteiger partial charge in [-0.3, -0.25) is 9.59 Å². The molecule has 4 aromatic rings. The SMILES string of the molecule is C[C@@H]1CNc2c(sc3ccc4nc(Oc5nc(Cl)ncc5CO[C@H]5C[C@@](C)(C(=O)O)C5)cnc4c23)C(=O)N1. The number of thiophene rings is 1. The predicted octanol–water partition coefficient (Wildman–Crippen LogP) is 4.39. The van der Waals surface area contributed by atoms with Crippen LogP contribution in [0, 0.1) is 5.41 Å². The third-order valence-electron chi connectivity index (χ3n) is 6.85. The maximum atomic E-state index is 12.7. The zero-order valence-electron chi connectivity index (χ0n) is 20.4. The molecule has 4 heterocycles. The molecule has 6 rings (SSSR count). The van der Waals surface area contributed by atoms with Gasteiger partial charge in [0.2, 0.25) is 17.0 Å². The highest BCUT2D eigenvalue weighted by Crippen LogP contribution is 2.43. The zero-order chi connectivity index (χ0) is 26.6. The molecule has 11 nitrogen and oxygen atoms in total. The molecule has 1 aliphatic heterocycles. The molecule has 1 aromatic carbocycles. The van der Waals surface area contributed by atoms with Crippen LogP contribution in [0.3, 0.4) is 0 Å². The third-order valence-corrected chi connectivity index (χ3v) is 8.19. The van der Waals surface area contributed by atoms with Gasteiger partial charge in [-0.05, 0) is 50.4 Å². The first-order valence-corrected chi connectivity index (χ1v) is 13.2. The molecule has 1 aliphatic carbocycles. The Morgan fingerprint density at radius 1 is 1.26 bits per heavy atom. The maximum absolute atomic E-state index is 12.7. The first-order valence-electron chi connectivity index (χ1n) is 12.0. The number of amides is 1. The molecule has 0 saturated heterocycles. The molecule has 0 unspecified atom stereocenters. The highest BCUT2D eigenvalue weighted by molar-refractivity contribution is 7.21. The van der Waals surface area contributed by atoms with Gasteiger partial charge >= 0.3 is 5.97 Å². The van der Waals surface area contributed by atoms with E-state index < -0.39 is 11.4 Å². The number of halogens is 1. The molecule has 0 radical (unpaired) electrons. The van der Waals surface area contributed by atoms with Crippen molar-refractivity contribution < 1.29 is 24.2 Å². The molecule has 1 saturated carbocycles. The van der Waals surface area contributed by atoms with Crippen LogP contribution in [0.25, 0.3) is 21.1 Å². The lowest BCUT2D eigenvalue weighted by molar-refractivity contribution is -0.165. The van der Waals surface area contributed by atoms with Gasteiger partial charge in [-0.15, -0.1) is 11.3 Å². The number of benzene rings is 1. The lowest BCUT2D eigenvalue weighted by Crippen LogP contribution is -2.45. The summed E-state index contributed by atoms with van der Waals surface area (Å²) in [4.78, 5) is 42.1. The molecule has 13 heteroatoms. The number of nitrogens with zero attached hydrogens (tertiary/aromatic N) is 4. The monoisotopic (exact) mass is 554 g/mol. The Balaban J connectivity index is 1.26. The van der Waals surface area contributed by atoms with Crippen LogP contribution in [0.1, 0.15) is 41.9 Å². The van der Waals surface area contributed by atoms with Crippen molar-refractivity contribution in [2.75, 3.05) is 11.9 Å². The molecule has 1 atom stereocenters. The Labute approximate surface area is 225 Å². The molecular formula is C25H23ClN6O5S. The number of carbonyl (C=O) groups is 2. The Kier molecular flexibility index (Phi) is 6.04. The second-order valence-corrected chi connectivity index (χ2v) is 11.2. The number of aromatic nitrogens is 4. The van der Waals surface area contributed by atoms with Crippen LogP contribution >= 0.6 is 22.9 Å². The molecule has 2 aliphatic rings. The summed E-state index contributed by atoms with van der Waals surface area (Å²) in [7, 11) is 0. The van der Waals surface area contributed by atoms with E-state index >= 15 is 0 Å². The van der Waals surface area contributed by atoms with E-state index in [2.05, 4.69) is 30.6 Å². The van der Waals surface area contributed by atoms with Gasteiger partial charge < -0.3 is 25.2 Å². The zero-order valence-corrected chi connectivity index (χ0v) is 22.0. The van der Waals surface area contributed by atoms with E-state index in [0.717, 1.165) is 15.8 Å². The predicted molar refractivity (Wildman–Crippen MR) is 141 cm³/mol. The van der Waals surface area contributed by atoms with E-state index in [1.165, 1.54) is 23.7 Å². The van der Waals surface area contributed by atoms with Gasteiger partial charge in [0, 0.05) is 28.9 Å². The lowest BCUT2D eigenvalue weighted by atomic mass is 9.68. The van der Waals surface area contributed by atoms with Crippen LogP contribution in [-0.2, 0) is 16.1 Å². The number of anilines is 1. The van der Waals surface area contributed by atoms with Gasteiger partial charge in [0.05, 0.1) is 46.6 Å². The molecule has 38 heavy (non-hydrogen) atoms. The van der Waals surface area contributed by atoms with Crippen LogP contribution < -0.4 is 15.4 Å². The second kappa shape index (κ2) is 9.29. The molecule has 3 N–H and O–H groups in total. The van der Waals surface area contributed by atoms with Crippen LogP contribution in [0.5, 0.6) is 11.8 Å². The van der Waals surface area contributed by atoms with Gasteiger partial charge in [0.25, 0.3) is 5.91 Å². The highest BCUT2D eigenvalue weighted by Gasteiger charge is 2.47. The van der Waals surface area contributed by atoms with Crippen molar-refractivity contribution in [1.82, 2.24) is 25.3 Å². The maximum Gasteiger partial charge on any atom is 0.309 e. The fourth-order valence-corrected chi connectivity index (χ4v) is 5.94. The summed E-state index contributed by atoms with van der Waals surface area (Å²) in [5.74, 6) is -0.549. The van der Waals surface area contributed by atoms with E-state index in [1.807, 2.05) is 19.1 Å². The van der Waals surface area contributed by atoms with Crippen molar-refractivity contribution in [2.45, 2.75) is 45.4 Å². The molecular weight excluding hydrogens is 532 g/mol. The average Bonchev–Trinajstić information content (AvgIpc) is 3.18. The summed E-state index contributed by atoms with van der Waals surface area (Å²) in [5, 5.41) is 16.5. The fraction of sp³-hybridized carbons (Fsp3) is 0.360. The van der Waals surface area contributed by atoms with Crippen molar-refractivity contribution in [2.24, 2.45) is 5.41 Å². The number of nitrogens with one attached hydrogen (secondary N) is 2. The van der Waals surface area contributed by atoms with Crippen LogP contribution in [0.2, 0.25) is 5.28 Å². The smallest absolute Gasteiger partial charge is 0.309 e. The minimum absolute atomic E-state index is 0.000786. The normalized spacial score (nSPS) is 22.8. The number of aliphatic carboxylic acids is 1. The first-order chi connectivity index (χ1) is 18.2. The molecule has 196 valence electrons. The Bertz CT molecular complexity index is 1600. The van der Waals surface area contributed by atoms with E-state index in [-0.39, 0.29) is 41.7 Å². The average molecular weight is 555 g/mol. The van der Waals surface area contributed by atoms with Crippen LogP contribution in [-0.4, -0.2) is 55.6 Å². The van der Waals surface area contributed by atoms with Crippen LogP contribution in [0.15, 0.2) is 24.5 Å². The largest absolute Gasteiger partial charge is 0.481 e. The minimum Gasteiger partial charge on any atom is -0.481 e. The number of carboxylic acid groups (broad SMARTS) is 1. The van der Waals surface area contributed by atoms with E-state index in [9.17, 15) is 14.7 Å². The first kappa shape index (κ1) is 24.7. The van der Waals surface area contributed by atoms with Crippen LogP contribution in [0.4, 0.5) is 5.69 Å². The number of fused-ring (bicyclic) bond motifs is 5. The molecule has 1 amide bonds. The van der Waals surface area contributed by atoms with Crippen molar-refractivity contribution >= 4 is 61.6 Å². The van der Waals surface area contributed by atoms with Gasteiger partial charge in [0.1, 0.15) is 4.88 Å². The number of carbonyl (C=O) groups excluding carboxylic acids is 1. The van der Waals surface area contributed by atoms with Crippen molar-refractivity contribution in [3.05, 3.63) is 40.3 Å². The van der Waals surface area contributed by atoms with E-state index in [0.29, 0.717) is 40.9 Å². The van der Waals surface area contributed by atoms with Crippen molar-refractivity contribution in [1.29, 1.82) is 0 Å². The Morgan fingerprint density at radius 3 is 2.87 bits per heavy atom. The number of ether oxygens (including phenoxy) is 2. The standard InChI is InChI=1S/C25H23ClN6O5S/c1-11-7-27-19-17-15(38-20(19)21(33)30-11)4-3-14-18(17)28-9-16(31-14)37-22-12(8-29-24(26)32-22)10-36-13-5-25(2,6-13)23(34)35/h3-4,8-9,11,13,27H,5-7,10H2,1-2H3,(H,30,33)(H,34,35)/t11-,13-,25+/m1/s1. The number of hydrogen-bond donors (Lipinski definition) is 3. The van der Waals surface area contributed by atoms with Gasteiger partial charge in [-0.1, -0.05) is 0 Å². The summed E-state index contributed by atoms with van der Waals surface area (Å²) in [6.45, 7) is 4.39. The van der Waals surface area contributed by atoms with Gasteiger partial charge in [0.15, 0.2) is 0 Å². The summed E-state index contributed by atoms with van der Waals surface area (Å²) < 4.78 is 12.8. The molecule has 3 aromatic heterocycles. The summed E-state index contributed by atoms with van der Waals surface area (Å²) in [5.41, 5.74) is 1.79. The minimum atomic E-state index is -0.824. The molecule has 0 spiro atoms. The quantitative estimate of drug-likeness (QED) is 0.293. The number of carboxylic acids is 1. The number of rotatable bonds is 6. The second-order valence-electron chi connectivity index (χ2n) is 9.85. The van der Waals surface area contributed by atoms with Gasteiger partial charge in [-0.25, -0.2) is 15.0 Å². The number of hydrogen-bond acceptors (Lipinski definition) is 10. The van der Waals surface area contributed by atoms with Gasteiger partial charge in [-0.2, -0.15) is 4.98 Å². The summed E-state index contributed by atoms with van der Waals surface area (Å²) >= 11 is 7.44. The summed E-state index contributed by atoms with van der Waals surface area (Å²) in [6.07, 6.45) is 3.69. The van der Waals surface area contributed by atoms with Crippen molar-refractivity contribution in [3.63, 3.8) is 0 Å². The van der Waals surface area contributed by atoms with E-state index in [1.54, 1.807) is 6.92 Å². The lowest BCUT2D eigenvalue weighted by Gasteiger charge is -2.41. The highest BCUT2D eigenvalue weighted by atomic mass is 35.5. The van der Waals surface area contributed by atoms with Crippen molar-refractivity contribution in [3.8, 4) is 11.8 Å². The molecule has 1 fully saturated rings. The topological polar surface area (TPSA) is 148 Å². The molecule has 0 bridgehead atoms.